The molecule has 3 heterocycles. The number of hydrogen-bond acceptors (Lipinski definition) is 14. The lowest BCUT2D eigenvalue weighted by Crippen LogP contribution is -2.51. The van der Waals surface area contributed by atoms with Crippen molar-refractivity contribution in [1.82, 2.24) is 55.9 Å². The first-order valence-electron chi connectivity index (χ1n) is 26.9. The number of carbonyl (C=O) groups is 12. The summed E-state index contributed by atoms with van der Waals surface area (Å²) in [6.45, 7) is 0.654. The molecule has 0 aliphatic carbocycles. The van der Waals surface area contributed by atoms with E-state index in [1.165, 1.54) is 10.7 Å². The van der Waals surface area contributed by atoms with Gasteiger partial charge in [-0.05, 0) is 66.1 Å². The summed E-state index contributed by atoms with van der Waals surface area (Å²) in [5.41, 5.74) is 3.19. The molecule has 2 unspecified atom stereocenters. The van der Waals surface area contributed by atoms with E-state index < -0.39 is 116 Å². The molecular formula is C55H64FN11O18. The Balaban J connectivity index is 1.03. The lowest BCUT2D eigenvalue weighted by molar-refractivity contribution is -0.142. The van der Waals surface area contributed by atoms with Crippen LogP contribution in [0.3, 0.4) is 0 Å². The number of aryl methyl sites for hydroxylation is 1. The first-order chi connectivity index (χ1) is 40.5. The highest BCUT2D eigenvalue weighted by molar-refractivity contribution is 6.01. The number of nitrogens with one attached hydrogen (secondary N) is 4. The Morgan fingerprint density at radius 1 is 0.482 bits per heavy atom. The Hall–Kier alpha value is -10.0. The van der Waals surface area contributed by atoms with E-state index in [2.05, 4.69) is 31.6 Å². The lowest BCUT2D eigenvalue weighted by atomic mass is 10.0. The van der Waals surface area contributed by atoms with E-state index in [-0.39, 0.29) is 107 Å². The van der Waals surface area contributed by atoms with Gasteiger partial charge < -0.3 is 71.5 Å². The first kappa shape index (κ1) is 64.1. The number of rotatable bonds is 28. The van der Waals surface area contributed by atoms with Gasteiger partial charge in [0.05, 0.1) is 37.1 Å². The second-order valence-electron chi connectivity index (χ2n) is 20.1. The van der Waals surface area contributed by atoms with Crippen LogP contribution in [0.15, 0.2) is 72.9 Å². The first-order valence-corrected chi connectivity index (χ1v) is 26.9. The van der Waals surface area contributed by atoms with Crippen LogP contribution in [0.2, 0.25) is 0 Å². The monoisotopic (exact) mass is 1190 g/mol. The molecule has 30 heteroatoms. The molecule has 6 rings (SSSR count). The molecule has 4 aromatic rings. The SMILES string of the molecule is O=C(O)CC[C@H](NC(=O)NC(Cc1ccc(CC(=O)N2CCN(C(=O)c3cc(C(=O)N4CCN(C(=O)Cc5ccc(CC(NC(=O)N[C@@H](CCC(=O)O)C(=O)O)C(=O)O)cc5)CC4)cc(-n4cc(CCCF)nn4)c3)CC2)cc1)C(=O)O)C(=O)O. The minimum atomic E-state index is -1.57. The third kappa shape index (κ3) is 19.3. The molecule has 0 saturated carbocycles. The van der Waals surface area contributed by atoms with Gasteiger partial charge in [-0.15, -0.1) is 5.10 Å². The molecule has 10 N–H and O–H groups in total. The largest absolute Gasteiger partial charge is 0.481 e. The molecule has 4 atom stereocenters. The number of amides is 8. The van der Waals surface area contributed by atoms with Crippen molar-refractivity contribution in [3.8, 4) is 5.69 Å². The molecule has 85 heavy (non-hydrogen) atoms. The Labute approximate surface area is 483 Å². The predicted octanol–water partition coefficient (Wildman–Crippen LogP) is 0.449. The molecule has 1 aromatic heterocycles. The molecule has 29 nitrogen and oxygen atoms in total. The molecule has 3 aromatic carbocycles. The summed E-state index contributed by atoms with van der Waals surface area (Å²) in [6, 6.07) is 8.97. The van der Waals surface area contributed by atoms with Crippen molar-refractivity contribution in [3.63, 3.8) is 0 Å². The van der Waals surface area contributed by atoms with Crippen LogP contribution >= 0.6 is 0 Å². The summed E-state index contributed by atoms with van der Waals surface area (Å²) in [6.07, 6.45) is -0.360. The number of carbonyl (C=O) groups excluding carboxylic acids is 6. The van der Waals surface area contributed by atoms with Gasteiger partial charge >= 0.3 is 47.9 Å². The summed E-state index contributed by atoms with van der Waals surface area (Å²) in [5, 5.41) is 72.7. The highest BCUT2D eigenvalue weighted by Gasteiger charge is 2.31. The maximum absolute atomic E-state index is 14.3. The number of carboxylic acids is 6. The molecule has 2 fully saturated rings. The number of urea groups is 2. The van der Waals surface area contributed by atoms with E-state index in [1.807, 2.05) is 0 Å². The van der Waals surface area contributed by atoms with Crippen molar-refractivity contribution in [2.45, 2.75) is 88.4 Å². The summed E-state index contributed by atoms with van der Waals surface area (Å²) in [5.74, 6) is -9.76. The van der Waals surface area contributed by atoms with Crippen molar-refractivity contribution in [1.29, 1.82) is 0 Å². The maximum Gasteiger partial charge on any atom is 0.326 e. The van der Waals surface area contributed by atoms with Crippen molar-refractivity contribution in [2.24, 2.45) is 0 Å². The van der Waals surface area contributed by atoms with Gasteiger partial charge in [0, 0.05) is 89.2 Å². The zero-order valence-corrected chi connectivity index (χ0v) is 45.8. The number of piperazine rings is 2. The smallest absolute Gasteiger partial charge is 0.326 e. The van der Waals surface area contributed by atoms with E-state index in [0.717, 1.165) is 0 Å². The van der Waals surface area contributed by atoms with E-state index in [4.69, 9.17) is 10.2 Å². The van der Waals surface area contributed by atoms with Crippen LogP contribution in [0, 0.1) is 0 Å². The number of halogens is 1. The highest BCUT2D eigenvalue weighted by Crippen LogP contribution is 2.21. The fourth-order valence-corrected chi connectivity index (χ4v) is 9.26. The molecule has 0 bridgehead atoms. The van der Waals surface area contributed by atoms with Gasteiger partial charge in [-0.25, -0.2) is 33.4 Å². The Morgan fingerprint density at radius 2 is 0.835 bits per heavy atom. The Morgan fingerprint density at radius 3 is 1.19 bits per heavy atom. The van der Waals surface area contributed by atoms with Crippen molar-refractivity contribution < 1.29 is 92.6 Å². The number of alkyl halides is 1. The quantitative estimate of drug-likeness (QED) is 0.0369. The number of aliphatic carboxylic acids is 6. The lowest BCUT2D eigenvalue weighted by Gasteiger charge is -2.35. The van der Waals surface area contributed by atoms with E-state index in [1.54, 1.807) is 86.5 Å². The zero-order chi connectivity index (χ0) is 61.9. The van der Waals surface area contributed by atoms with Crippen LogP contribution in [0.4, 0.5) is 14.0 Å². The zero-order valence-electron chi connectivity index (χ0n) is 45.8. The number of aromatic nitrogens is 3. The van der Waals surface area contributed by atoms with Gasteiger partial charge in [0.2, 0.25) is 11.8 Å². The van der Waals surface area contributed by atoms with Crippen LogP contribution < -0.4 is 21.3 Å². The molecule has 454 valence electrons. The van der Waals surface area contributed by atoms with E-state index >= 15 is 0 Å². The second-order valence-corrected chi connectivity index (χ2v) is 20.1. The number of nitrogens with zero attached hydrogens (tertiary/aromatic N) is 7. The highest BCUT2D eigenvalue weighted by atomic mass is 19.1. The van der Waals surface area contributed by atoms with Gasteiger partial charge in [0.1, 0.15) is 24.2 Å². The van der Waals surface area contributed by atoms with Gasteiger partial charge in [-0.1, -0.05) is 53.7 Å². The van der Waals surface area contributed by atoms with Crippen molar-refractivity contribution in [3.05, 3.63) is 112 Å². The third-order valence-corrected chi connectivity index (χ3v) is 14.0. The number of benzene rings is 3. The number of carboxylic acid groups (broad SMARTS) is 6. The van der Waals surface area contributed by atoms with Crippen LogP contribution in [-0.2, 0) is 70.5 Å². The second kappa shape index (κ2) is 30.3. The average molecular weight is 1190 g/mol. The van der Waals surface area contributed by atoms with Gasteiger partial charge in [0.15, 0.2) is 0 Å². The average Bonchev–Trinajstić information content (AvgIpc) is 4.12. The summed E-state index contributed by atoms with van der Waals surface area (Å²) < 4.78 is 14.4. The Bertz CT molecular complexity index is 2950. The van der Waals surface area contributed by atoms with Crippen molar-refractivity contribution in [2.75, 3.05) is 59.0 Å². The third-order valence-electron chi connectivity index (χ3n) is 14.0. The minimum Gasteiger partial charge on any atom is -0.481 e. The fraction of sp³-hybridized carbons (Fsp3) is 0.418. The maximum atomic E-state index is 14.3. The van der Waals surface area contributed by atoms with E-state index in [0.29, 0.717) is 40.1 Å². The molecule has 0 spiro atoms. The van der Waals surface area contributed by atoms with Gasteiger partial charge in [0.25, 0.3) is 11.8 Å². The standard InChI is InChI=1S/C55H64FN11O18/c56-15-1-2-38-31-67(62-61-38)39-29-36(48(74)65-20-16-63(17-21-65)44(68)26-34-7-3-32(4-8-34)24-42(52(80)81)59-54(84)57-40(50(76)77)11-13-46(70)71)28-37(30-39)49(75)66-22-18-64(19-23-66)45(69)27-35-9-5-33(6-10-35)25-43(53(82)83)60-55(85)58-41(51(78)79)12-14-47(72)73/h3-10,28-31,40-43H,1-2,11-27H2,(H,70,71)(H,72,73)(H,76,77)(H,78,79)(H,80,81)(H,82,83)(H2,57,59,84)(H2,58,60,85)/t40-,41-,42?,43?/m0/s1. The van der Waals surface area contributed by atoms with E-state index in [9.17, 15) is 82.4 Å². The molecule has 2 aliphatic rings. The molecule has 2 saturated heterocycles. The summed E-state index contributed by atoms with van der Waals surface area (Å²) >= 11 is 0. The summed E-state index contributed by atoms with van der Waals surface area (Å²) in [7, 11) is 0. The topological polar surface area (TPSA) is 418 Å². The fourth-order valence-electron chi connectivity index (χ4n) is 9.26. The minimum absolute atomic E-state index is 0.0371. The van der Waals surface area contributed by atoms with Crippen LogP contribution in [-0.4, -0.2) is 220 Å². The van der Waals surface area contributed by atoms with Crippen LogP contribution in [0.25, 0.3) is 5.69 Å². The van der Waals surface area contributed by atoms with Crippen LogP contribution in [0.1, 0.15) is 80.8 Å². The van der Waals surface area contributed by atoms with Crippen molar-refractivity contribution >= 4 is 71.5 Å². The van der Waals surface area contributed by atoms with Crippen LogP contribution in [0.5, 0.6) is 0 Å². The summed E-state index contributed by atoms with van der Waals surface area (Å²) in [4.78, 5) is 155. The number of hydrogen-bond donors (Lipinski definition) is 10. The molecular weight excluding hydrogens is 1120 g/mol. The van der Waals surface area contributed by atoms with Gasteiger partial charge in [-0.2, -0.15) is 0 Å². The molecule has 0 radical (unpaired) electrons. The molecule has 2 aliphatic heterocycles. The molecule has 8 amide bonds. The Kier molecular flexibility index (Phi) is 22.9. The van der Waals surface area contributed by atoms with Gasteiger partial charge in [-0.3, -0.25) is 33.2 Å². The predicted molar refractivity (Wildman–Crippen MR) is 291 cm³/mol. The normalized spacial score (nSPS) is 14.6.